The molecule has 0 spiro atoms. The molecule has 4 aromatic rings. The molecule has 2 aromatic heterocycles. The van der Waals surface area contributed by atoms with Gasteiger partial charge in [0.25, 0.3) is 5.91 Å². The van der Waals surface area contributed by atoms with E-state index in [0.29, 0.717) is 30.5 Å². The largest absolute Gasteiger partial charge is 0.336 e. The lowest BCUT2D eigenvalue weighted by molar-refractivity contribution is 0.0759. The zero-order valence-corrected chi connectivity index (χ0v) is 18.9. The van der Waals surface area contributed by atoms with Crippen molar-refractivity contribution in [2.24, 2.45) is 11.8 Å². The molecule has 2 aromatic carbocycles. The maximum atomic E-state index is 13.4. The van der Waals surface area contributed by atoms with Gasteiger partial charge in [0.2, 0.25) is 0 Å². The number of pyridine rings is 1. The van der Waals surface area contributed by atoms with Crippen LogP contribution in [0.15, 0.2) is 60.9 Å². The van der Waals surface area contributed by atoms with Gasteiger partial charge in [-0.15, -0.1) is 0 Å². The van der Waals surface area contributed by atoms with Gasteiger partial charge in [-0.05, 0) is 78.4 Å². The molecule has 34 heavy (non-hydrogen) atoms. The van der Waals surface area contributed by atoms with Crippen LogP contribution in [0.3, 0.4) is 0 Å². The number of piperidine rings is 1. The molecule has 1 aliphatic heterocycles. The Morgan fingerprint density at radius 2 is 2.03 bits per heavy atom. The highest BCUT2D eigenvalue weighted by molar-refractivity contribution is 5.95. The van der Waals surface area contributed by atoms with Crippen LogP contribution in [0.25, 0.3) is 16.6 Å². The number of nitriles is 1. The van der Waals surface area contributed by atoms with Crippen molar-refractivity contribution in [2.75, 3.05) is 13.1 Å². The summed E-state index contributed by atoms with van der Waals surface area (Å²) < 4.78 is 15.2. The topological polar surface area (TPSA) is 74.8 Å². The third-order valence-electron chi connectivity index (χ3n) is 7.74. The molecule has 3 atom stereocenters. The minimum atomic E-state index is -0.278. The number of carbonyl (C=O) groups excluding carboxylic acids is 1. The Bertz CT molecular complexity index is 1500. The van der Waals surface area contributed by atoms with Crippen LogP contribution in [0.2, 0.25) is 0 Å². The van der Waals surface area contributed by atoms with Gasteiger partial charge in [0.15, 0.2) is 0 Å². The van der Waals surface area contributed by atoms with Crippen molar-refractivity contribution in [3.05, 3.63) is 89.1 Å². The summed E-state index contributed by atoms with van der Waals surface area (Å²) in [7, 11) is 0. The predicted octanol–water partition coefficient (Wildman–Crippen LogP) is 4.40. The number of halogens is 1. The first kappa shape index (κ1) is 20.5. The van der Waals surface area contributed by atoms with Crippen LogP contribution in [0.5, 0.6) is 0 Å². The minimum Gasteiger partial charge on any atom is -0.336 e. The Labute approximate surface area is 196 Å². The molecule has 2 fully saturated rings. The smallest absolute Gasteiger partial charge is 0.273 e. The molecule has 3 heterocycles. The average Bonchev–Trinajstić information content (AvgIpc) is 3.18. The fourth-order valence-electron chi connectivity index (χ4n) is 5.89. The number of aromatic nitrogens is 3. The first-order valence-corrected chi connectivity index (χ1v) is 11.3. The van der Waals surface area contributed by atoms with E-state index < -0.39 is 0 Å². The van der Waals surface area contributed by atoms with E-state index in [0.717, 1.165) is 22.2 Å². The molecular formula is C27H22FN5O. The molecule has 1 aliphatic carbocycles. The second-order valence-corrected chi connectivity index (χ2v) is 9.39. The third-order valence-corrected chi connectivity index (χ3v) is 7.74. The molecule has 1 saturated heterocycles. The van der Waals surface area contributed by atoms with Gasteiger partial charge in [-0.2, -0.15) is 10.4 Å². The van der Waals surface area contributed by atoms with E-state index in [1.807, 2.05) is 15.8 Å². The molecule has 1 saturated carbocycles. The van der Waals surface area contributed by atoms with Crippen molar-refractivity contribution < 1.29 is 9.18 Å². The molecular weight excluding hydrogens is 429 g/mol. The molecule has 0 radical (unpaired) electrons. The summed E-state index contributed by atoms with van der Waals surface area (Å²) in [6.45, 7) is 5.62. The normalized spacial score (nSPS) is 23.1. The summed E-state index contributed by atoms with van der Waals surface area (Å²) >= 11 is 0. The standard InChI is InChI=1S/C27H22FN5O/c1-16-10-24-19(13-31-33(24)21-7-5-20(28)6-8-21)11-22(16)27-15-32(14-23(27)17(27)2)26(34)25-18(12-29)4-3-9-30-25/h3-11,13,17,23H,14-15H2,1-2H3/t17-,23-,27+/m1/s1. The van der Waals surface area contributed by atoms with Crippen LogP contribution in [0.1, 0.15) is 34.1 Å². The first-order chi connectivity index (χ1) is 16.4. The number of aryl methyl sites for hydroxylation is 1. The number of likely N-dealkylation sites (tertiary alicyclic amines) is 1. The molecule has 168 valence electrons. The van der Waals surface area contributed by atoms with Crippen molar-refractivity contribution in [1.82, 2.24) is 19.7 Å². The maximum absolute atomic E-state index is 13.4. The number of carbonyl (C=O) groups is 1. The van der Waals surface area contributed by atoms with E-state index in [1.54, 1.807) is 30.5 Å². The SMILES string of the molecule is Cc1cc2c(cnn2-c2ccc(F)cc2)cc1[C@@]12CN(C(=O)c3ncccc3C#N)C[C@@H]1[C@H]2C. The quantitative estimate of drug-likeness (QED) is 0.463. The van der Waals surface area contributed by atoms with Crippen LogP contribution in [-0.4, -0.2) is 38.7 Å². The summed E-state index contributed by atoms with van der Waals surface area (Å²) in [5, 5.41) is 15.0. The van der Waals surface area contributed by atoms with E-state index in [9.17, 15) is 14.4 Å². The zero-order chi connectivity index (χ0) is 23.6. The average molecular weight is 452 g/mol. The number of amides is 1. The van der Waals surface area contributed by atoms with Crippen LogP contribution in [-0.2, 0) is 5.41 Å². The van der Waals surface area contributed by atoms with E-state index in [4.69, 9.17) is 0 Å². The molecule has 0 N–H and O–H groups in total. The van der Waals surface area contributed by atoms with E-state index in [1.165, 1.54) is 17.7 Å². The molecule has 6 rings (SSSR count). The monoisotopic (exact) mass is 451 g/mol. The van der Waals surface area contributed by atoms with Gasteiger partial charge in [-0.3, -0.25) is 4.79 Å². The van der Waals surface area contributed by atoms with Crippen molar-refractivity contribution in [3.63, 3.8) is 0 Å². The Kier molecular flexibility index (Phi) is 4.37. The van der Waals surface area contributed by atoms with Crippen molar-refractivity contribution in [3.8, 4) is 11.8 Å². The van der Waals surface area contributed by atoms with Gasteiger partial charge in [0.05, 0.1) is 23.0 Å². The summed E-state index contributed by atoms with van der Waals surface area (Å²) in [6, 6.07) is 16.0. The fraction of sp³-hybridized carbons (Fsp3) is 0.259. The number of hydrogen-bond donors (Lipinski definition) is 0. The number of nitrogens with zero attached hydrogens (tertiary/aromatic N) is 5. The second kappa shape index (κ2) is 7.22. The summed E-state index contributed by atoms with van der Waals surface area (Å²) in [5.74, 6) is 0.367. The van der Waals surface area contributed by atoms with Crippen molar-refractivity contribution in [1.29, 1.82) is 5.26 Å². The molecule has 0 bridgehead atoms. The highest BCUT2D eigenvalue weighted by atomic mass is 19.1. The van der Waals surface area contributed by atoms with Crippen LogP contribution in [0, 0.1) is 35.9 Å². The van der Waals surface area contributed by atoms with Crippen LogP contribution >= 0.6 is 0 Å². The van der Waals surface area contributed by atoms with Crippen LogP contribution in [0.4, 0.5) is 4.39 Å². The molecule has 6 nitrogen and oxygen atoms in total. The maximum Gasteiger partial charge on any atom is 0.273 e. The van der Waals surface area contributed by atoms with E-state index in [-0.39, 0.29) is 22.8 Å². The summed E-state index contributed by atoms with van der Waals surface area (Å²) in [6.07, 6.45) is 3.39. The number of rotatable bonds is 3. The minimum absolute atomic E-state index is 0.104. The van der Waals surface area contributed by atoms with Gasteiger partial charge in [-0.1, -0.05) is 6.92 Å². The van der Waals surface area contributed by atoms with Crippen molar-refractivity contribution in [2.45, 2.75) is 19.3 Å². The third kappa shape index (κ3) is 2.81. The van der Waals surface area contributed by atoms with E-state index in [2.05, 4.69) is 42.1 Å². The first-order valence-electron chi connectivity index (χ1n) is 11.3. The van der Waals surface area contributed by atoms with E-state index >= 15 is 0 Å². The van der Waals surface area contributed by atoms with Gasteiger partial charge < -0.3 is 4.90 Å². The highest BCUT2D eigenvalue weighted by Gasteiger charge is 2.68. The zero-order valence-electron chi connectivity index (χ0n) is 18.9. The predicted molar refractivity (Wildman–Crippen MR) is 125 cm³/mol. The number of fused-ring (bicyclic) bond motifs is 2. The highest BCUT2D eigenvalue weighted by Crippen LogP contribution is 2.64. The Balaban J connectivity index is 1.36. The fourth-order valence-corrected chi connectivity index (χ4v) is 5.89. The Morgan fingerprint density at radius 1 is 1.24 bits per heavy atom. The van der Waals surface area contributed by atoms with Gasteiger partial charge in [0.1, 0.15) is 17.6 Å². The molecule has 0 unspecified atom stereocenters. The summed E-state index contributed by atoms with van der Waals surface area (Å²) in [4.78, 5) is 19.3. The number of benzene rings is 2. The Hall–Kier alpha value is -4.05. The summed E-state index contributed by atoms with van der Waals surface area (Å²) in [5.41, 5.74) is 4.59. The lowest BCUT2D eigenvalue weighted by Crippen LogP contribution is -2.35. The Morgan fingerprint density at radius 3 is 2.79 bits per heavy atom. The number of hydrogen-bond acceptors (Lipinski definition) is 4. The van der Waals surface area contributed by atoms with Gasteiger partial charge in [0, 0.05) is 30.1 Å². The second-order valence-electron chi connectivity index (χ2n) is 9.39. The van der Waals surface area contributed by atoms with Crippen molar-refractivity contribution >= 4 is 16.8 Å². The molecule has 2 aliphatic rings. The molecule has 7 heteroatoms. The van der Waals surface area contributed by atoms with Crippen LogP contribution < -0.4 is 0 Å². The van der Waals surface area contributed by atoms with Gasteiger partial charge >= 0.3 is 0 Å². The lowest BCUT2D eigenvalue weighted by atomic mass is 9.88. The molecule has 1 amide bonds. The van der Waals surface area contributed by atoms with Gasteiger partial charge in [-0.25, -0.2) is 14.1 Å². The lowest BCUT2D eigenvalue weighted by Gasteiger charge is -2.24.